The Morgan fingerprint density at radius 3 is 2.09 bits per heavy atom. The van der Waals surface area contributed by atoms with Crippen LogP contribution in [-0.2, 0) is 4.79 Å². The van der Waals surface area contributed by atoms with Gasteiger partial charge in [-0.25, -0.2) is 4.98 Å². The van der Waals surface area contributed by atoms with Crippen molar-refractivity contribution in [2.45, 2.75) is 12.5 Å². The number of hydrogen-bond donors (Lipinski definition) is 2. The van der Waals surface area contributed by atoms with Crippen LogP contribution >= 0.6 is 0 Å². The Balaban J connectivity index is 1.78. The van der Waals surface area contributed by atoms with Crippen molar-refractivity contribution in [2.75, 3.05) is 6.54 Å². The molecule has 0 aliphatic carbocycles. The Bertz CT molecular complexity index is 1120. The monoisotopic (exact) mass is 462 g/mol. The van der Waals surface area contributed by atoms with Gasteiger partial charge in [-0.15, -0.1) is 13.2 Å². The molecule has 33 heavy (non-hydrogen) atoms. The maximum Gasteiger partial charge on any atom is 0.573 e. The third-order valence-electron chi connectivity index (χ3n) is 4.02. The van der Waals surface area contributed by atoms with E-state index in [9.17, 15) is 22.8 Å². The fourth-order valence-corrected chi connectivity index (χ4v) is 2.54. The van der Waals surface area contributed by atoms with Crippen LogP contribution < -0.4 is 25.7 Å². The van der Waals surface area contributed by atoms with E-state index in [2.05, 4.69) is 14.7 Å². The average Bonchev–Trinajstić information content (AvgIpc) is 2.78. The molecule has 0 bridgehead atoms. The summed E-state index contributed by atoms with van der Waals surface area (Å²) in [6.45, 7) is -0.0932. The summed E-state index contributed by atoms with van der Waals surface area (Å²) < 4.78 is 51.5. The molecule has 172 valence electrons. The number of benzene rings is 2. The number of rotatable bonds is 9. The smallest absolute Gasteiger partial charge is 0.465 e. The van der Waals surface area contributed by atoms with Crippen molar-refractivity contribution < 1.29 is 37.0 Å². The number of carbonyl (C=O) groups excluding carboxylic acids is 2. The van der Waals surface area contributed by atoms with Gasteiger partial charge in [0, 0.05) is 18.2 Å². The number of hydrogen-bond acceptors (Lipinski definition) is 8. The number of nitrogens with zero attached hydrogens (tertiary/aromatic N) is 2. The minimum Gasteiger partial charge on any atom is -0.465 e. The maximum atomic E-state index is 12.2. The first-order valence-corrected chi connectivity index (χ1v) is 9.32. The minimum absolute atomic E-state index is 0.0576. The zero-order valence-corrected chi connectivity index (χ0v) is 16.8. The van der Waals surface area contributed by atoms with Gasteiger partial charge in [0.25, 0.3) is 5.91 Å². The van der Waals surface area contributed by atoms with Gasteiger partial charge in [0.15, 0.2) is 18.2 Å². The van der Waals surface area contributed by atoms with E-state index in [1.54, 1.807) is 24.3 Å². The van der Waals surface area contributed by atoms with Crippen LogP contribution in [0.4, 0.5) is 13.2 Å². The summed E-state index contributed by atoms with van der Waals surface area (Å²) in [7, 11) is 0. The molecule has 0 radical (unpaired) electrons. The highest BCUT2D eigenvalue weighted by Crippen LogP contribution is 2.29. The Morgan fingerprint density at radius 2 is 1.58 bits per heavy atom. The summed E-state index contributed by atoms with van der Waals surface area (Å²) in [6.07, 6.45) is -5.24. The minimum atomic E-state index is -4.78. The standard InChI is InChI=1S/C21H17F3N4O5/c22-21(23,24)33-15-7-5-14(6-8-15)31-13-3-1-12(2-4-13)20-27-17(19(26)30)9-18(28-20)32-16(10-25)11-29/h1-9,11,16H,10,25H2,(H2,26,30)/t16-/m0/s1. The zero-order valence-electron chi connectivity index (χ0n) is 16.8. The molecular formula is C21H17F3N4O5. The Hall–Kier alpha value is -4.19. The second-order valence-corrected chi connectivity index (χ2v) is 6.45. The van der Waals surface area contributed by atoms with Crippen molar-refractivity contribution >= 4 is 12.2 Å². The molecule has 1 atom stereocenters. The van der Waals surface area contributed by atoms with Gasteiger partial charge in [0.05, 0.1) is 0 Å². The Kier molecular flexibility index (Phi) is 7.08. The lowest BCUT2D eigenvalue weighted by Gasteiger charge is -2.12. The van der Waals surface area contributed by atoms with Crippen molar-refractivity contribution in [3.63, 3.8) is 0 Å². The highest BCUT2D eigenvalue weighted by Gasteiger charge is 2.31. The fraction of sp³-hybridized carbons (Fsp3) is 0.143. The number of alkyl halides is 3. The first-order valence-electron chi connectivity index (χ1n) is 9.32. The molecule has 3 rings (SSSR count). The van der Waals surface area contributed by atoms with Gasteiger partial charge in [0.1, 0.15) is 22.9 Å². The van der Waals surface area contributed by atoms with E-state index in [0.29, 0.717) is 17.6 Å². The number of amides is 1. The quantitative estimate of drug-likeness (QED) is 0.463. The molecule has 12 heteroatoms. The number of carbonyl (C=O) groups is 2. The average molecular weight is 462 g/mol. The lowest BCUT2D eigenvalue weighted by molar-refractivity contribution is -0.274. The second kappa shape index (κ2) is 9.96. The van der Waals surface area contributed by atoms with Crippen LogP contribution in [0.5, 0.6) is 23.1 Å². The first kappa shape index (κ1) is 23.5. The first-order chi connectivity index (χ1) is 15.7. The number of aromatic nitrogens is 2. The van der Waals surface area contributed by atoms with Crippen molar-refractivity contribution in [1.29, 1.82) is 0 Å². The van der Waals surface area contributed by atoms with Gasteiger partial charge in [-0.2, -0.15) is 4.98 Å². The molecule has 1 aromatic heterocycles. The molecule has 0 saturated heterocycles. The van der Waals surface area contributed by atoms with Gasteiger partial charge >= 0.3 is 6.36 Å². The third kappa shape index (κ3) is 6.64. The largest absolute Gasteiger partial charge is 0.573 e. The zero-order chi connectivity index (χ0) is 24.0. The van der Waals surface area contributed by atoms with E-state index in [4.69, 9.17) is 20.9 Å². The molecule has 0 fully saturated rings. The summed E-state index contributed by atoms with van der Waals surface area (Å²) in [6, 6.07) is 12.4. The van der Waals surface area contributed by atoms with Crippen molar-refractivity contribution in [3.05, 3.63) is 60.3 Å². The normalized spacial score (nSPS) is 12.0. The molecule has 1 amide bonds. The molecule has 2 aromatic carbocycles. The van der Waals surface area contributed by atoms with Crippen molar-refractivity contribution in [2.24, 2.45) is 11.5 Å². The van der Waals surface area contributed by atoms with Crippen molar-refractivity contribution in [1.82, 2.24) is 9.97 Å². The van der Waals surface area contributed by atoms with E-state index in [1.165, 1.54) is 18.2 Å². The molecule has 1 heterocycles. The number of ether oxygens (including phenoxy) is 3. The molecule has 0 unspecified atom stereocenters. The van der Waals surface area contributed by atoms with Crippen LogP contribution in [0.1, 0.15) is 10.5 Å². The van der Waals surface area contributed by atoms with Gasteiger partial charge in [0.2, 0.25) is 5.88 Å². The topological polar surface area (TPSA) is 140 Å². The lowest BCUT2D eigenvalue weighted by Crippen LogP contribution is -2.28. The predicted molar refractivity (Wildman–Crippen MR) is 109 cm³/mol. The van der Waals surface area contributed by atoms with Crippen LogP contribution in [0.2, 0.25) is 0 Å². The SMILES string of the molecule is NC[C@@H](C=O)Oc1cc(C(N)=O)nc(-c2ccc(Oc3ccc(OC(F)(F)F)cc3)cc2)n1. The molecular weight excluding hydrogens is 445 g/mol. The summed E-state index contributed by atoms with van der Waals surface area (Å²) in [4.78, 5) is 30.8. The summed E-state index contributed by atoms with van der Waals surface area (Å²) >= 11 is 0. The molecule has 4 N–H and O–H groups in total. The molecule has 0 aliphatic heterocycles. The van der Waals surface area contributed by atoms with E-state index < -0.39 is 18.4 Å². The molecule has 0 aliphatic rings. The van der Waals surface area contributed by atoms with Gasteiger partial charge in [-0.1, -0.05) is 0 Å². The summed E-state index contributed by atoms with van der Waals surface area (Å²) in [5.41, 5.74) is 11.1. The van der Waals surface area contributed by atoms with E-state index in [1.807, 2.05) is 0 Å². The van der Waals surface area contributed by atoms with E-state index in [-0.39, 0.29) is 35.4 Å². The highest BCUT2D eigenvalue weighted by molar-refractivity contribution is 5.91. The molecule has 0 saturated carbocycles. The highest BCUT2D eigenvalue weighted by atomic mass is 19.4. The van der Waals surface area contributed by atoms with Crippen LogP contribution in [0, 0.1) is 0 Å². The Morgan fingerprint density at radius 1 is 1.00 bits per heavy atom. The second-order valence-electron chi connectivity index (χ2n) is 6.45. The number of halogens is 3. The van der Waals surface area contributed by atoms with E-state index >= 15 is 0 Å². The fourth-order valence-electron chi connectivity index (χ4n) is 2.54. The Labute approximate surface area is 185 Å². The predicted octanol–water partition coefficient (Wildman–Crippen LogP) is 2.84. The number of nitrogens with two attached hydrogens (primary N) is 2. The van der Waals surface area contributed by atoms with Gasteiger partial charge < -0.3 is 25.7 Å². The van der Waals surface area contributed by atoms with Crippen LogP contribution in [0.25, 0.3) is 11.4 Å². The van der Waals surface area contributed by atoms with E-state index in [0.717, 1.165) is 12.1 Å². The van der Waals surface area contributed by atoms with Gasteiger partial charge in [-0.3, -0.25) is 9.59 Å². The lowest BCUT2D eigenvalue weighted by atomic mass is 10.2. The van der Waals surface area contributed by atoms with Crippen LogP contribution in [0.15, 0.2) is 54.6 Å². The number of primary amides is 1. The summed E-state index contributed by atoms with van der Waals surface area (Å²) in [5, 5.41) is 0. The van der Waals surface area contributed by atoms with Crippen LogP contribution in [0.3, 0.4) is 0 Å². The summed E-state index contributed by atoms with van der Waals surface area (Å²) in [5.74, 6) is -0.504. The van der Waals surface area contributed by atoms with Gasteiger partial charge in [-0.05, 0) is 48.5 Å². The molecule has 0 spiro atoms. The third-order valence-corrected chi connectivity index (χ3v) is 4.02. The number of aldehydes is 1. The van der Waals surface area contributed by atoms with Crippen LogP contribution in [-0.4, -0.2) is 41.2 Å². The molecule has 3 aromatic rings. The van der Waals surface area contributed by atoms with Crippen molar-refractivity contribution in [3.8, 4) is 34.5 Å². The molecule has 9 nitrogen and oxygen atoms in total. The maximum absolute atomic E-state index is 12.2.